The fourth-order valence-electron chi connectivity index (χ4n) is 3.16. The summed E-state index contributed by atoms with van der Waals surface area (Å²) in [7, 11) is 0. The van der Waals surface area contributed by atoms with E-state index in [0.29, 0.717) is 25.8 Å². The summed E-state index contributed by atoms with van der Waals surface area (Å²) < 4.78 is 5.62. The third-order valence-electron chi connectivity index (χ3n) is 4.21. The third kappa shape index (κ3) is 4.55. The smallest absolute Gasteiger partial charge is 0.0900 e. The number of nitrogens with zero attached hydrogens (tertiary/aromatic N) is 1. The molecule has 0 spiro atoms. The number of halogens is 1. The Morgan fingerprint density at radius 2 is 2.17 bits per heavy atom. The van der Waals surface area contributed by atoms with Gasteiger partial charge in [0.2, 0.25) is 0 Å². The first-order chi connectivity index (χ1) is 11.2. The minimum absolute atomic E-state index is 0.302. The van der Waals surface area contributed by atoms with Crippen LogP contribution in [0.15, 0.2) is 41.8 Å². The lowest BCUT2D eigenvalue weighted by molar-refractivity contribution is 0.00848. The first-order valence-corrected chi connectivity index (χ1v) is 9.26. The lowest BCUT2D eigenvalue weighted by atomic mass is 10.0. The first kappa shape index (κ1) is 16.9. The van der Waals surface area contributed by atoms with Crippen LogP contribution in [0.1, 0.15) is 29.3 Å². The summed E-state index contributed by atoms with van der Waals surface area (Å²) >= 11 is 8.01. The maximum absolute atomic E-state index is 10.3. The van der Waals surface area contributed by atoms with Crippen molar-refractivity contribution in [3.8, 4) is 0 Å². The Morgan fingerprint density at radius 1 is 1.30 bits per heavy atom. The molecule has 1 aliphatic rings. The van der Waals surface area contributed by atoms with Crippen LogP contribution in [-0.2, 0) is 11.3 Å². The van der Waals surface area contributed by atoms with Gasteiger partial charge in [0, 0.05) is 22.5 Å². The summed E-state index contributed by atoms with van der Waals surface area (Å²) in [6, 6.07) is 12.4. The van der Waals surface area contributed by atoms with Gasteiger partial charge in [0.05, 0.1) is 19.3 Å². The molecule has 1 aromatic carbocycles. The van der Waals surface area contributed by atoms with E-state index in [1.54, 1.807) is 11.3 Å². The number of hydrogen-bond donors (Lipinski definition) is 1. The molecule has 2 unspecified atom stereocenters. The predicted octanol–water partition coefficient (Wildman–Crippen LogP) is 4.12. The van der Waals surface area contributed by atoms with Gasteiger partial charge in [0.15, 0.2) is 0 Å². The van der Waals surface area contributed by atoms with Gasteiger partial charge in [-0.25, -0.2) is 0 Å². The Labute approximate surface area is 146 Å². The zero-order chi connectivity index (χ0) is 16.1. The molecule has 2 aromatic rings. The molecular weight excluding hydrogens is 330 g/mol. The number of likely N-dealkylation sites (tertiary alicyclic amines) is 1. The van der Waals surface area contributed by atoms with Crippen LogP contribution in [0.3, 0.4) is 0 Å². The van der Waals surface area contributed by atoms with Crippen LogP contribution in [0.5, 0.6) is 0 Å². The monoisotopic (exact) mass is 351 g/mol. The number of aliphatic hydroxyl groups is 1. The minimum atomic E-state index is -0.474. The highest BCUT2D eigenvalue weighted by molar-refractivity contribution is 7.09. The van der Waals surface area contributed by atoms with Crippen molar-refractivity contribution >= 4 is 22.9 Å². The molecule has 0 bridgehead atoms. The van der Waals surface area contributed by atoms with Gasteiger partial charge in [-0.05, 0) is 42.5 Å². The molecule has 1 N–H and O–H groups in total. The maximum Gasteiger partial charge on any atom is 0.0900 e. The molecule has 2 atom stereocenters. The Kier molecular flexibility index (Phi) is 6.08. The van der Waals surface area contributed by atoms with E-state index < -0.39 is 6.10 Å². The molecule has 1 aromatic heterocycles. The third-order valence-corrected chi connectivity index (χ3v) is 5.40. The van der Waals surface area contributed by atoms with Crippen molar-refractivity contribution in [3.63, 3.8) is 0 Å². The summed E-state index contributed by atoms with van der Waals surface area (Å²) in [5.41, 5.74) is 1.17. The van der Waals surface area contributed by atoms with Crippen molar-refractivity contribution < 1.29 is 9.84 Å². The second-order valence-electron chi connectivity index (χ2n) is 5.92. The van der Waals surface area contributed by atoms with Gasteiger partial charge in [0.1, 0.15) is 0 Å². The number of β-amino-alcohol motifs (C(OH)–C–C–N with tert-alkyl or cyclic N) is 1. The van der Waals surface area contributed by atoms with Gasteiger partial charge in [-0.15, -0.1) is 11.3 Å². The van der Waals surface area contributed by atoms with Crippen LogP contribution in [0.25, 0.3) is 0 Å². The summed E-state index contributed by atoms with van der Waals surface area (Å²) in [5.74, 6) is 0. The molecular formula is C18H22ClNO2S. The van der Waals surface area contributed by atoms with E-state index in [2.05, 4.69) is 11.0 Å². The fourth-order valence-corrected chi connectivity index (χ4v) is 4.06. The average molecular weight is 352 g/mol. The Balaban J connectivity index is 1.51. The van der Waals surface area contributed by atoms with Crippen LogP contribution in [0, 0.1) is 0 Å². The number of benzene rings is 1. The standard InChI is InChI=1S/C18H22ClNO2S/c19-17-7-2-1-6-16(17)18-8-3-9-20(18)11-14(21)12-22-13-15-5-4-10-23-15/h1-2,4-7,10,14,18,21H,3,8-9,11-13H2. The molecule has 0 radical (unpaired) electrons. The number of rotatable bonds is 7. The van der Waals surface area contributed by atoms with Gasteiger partial charge in [-0.3, -0.25) is 4.90 Å². The fraction of sp³-hybridized carbons (Fsp3) is 0.444. The summed E-state index contributed by atoms with van der Waals surface area (Å²) in [6.45, 7) is 2.56. The van der Waals surface area contributed by atoms with Crippen LogP contribution in [0.4, 0.5) is 0 Å². The lowest BCUT2D eigenvalue weighted by Gasteiger charge is -2.27. The van der Waals surface area contributed by atoms with Crippen molar-refractivity contribution in [1.82, 2.24) is 4.90 Å². The highest BCUT2D eigenvalue weighted by Gasteiger charge is 2.28. The maximum atomic E-state index is 10.3. The normalized spacial score (nSPS) is 20.0. The Hall–Kier alpha value is -0.910. The largest absolute Gasteiger partial charge is 0.389 e. The van der Waals surface area contributed by atoms with Gasteiger partial charge in [-0.2, -0.15) is 0 Å². The second-order valence-corrected chi connectivity index (χ2v) is 7.36. The molecule has 1 fully saturated rings. The lowest BCUT2D eigenvalue weighted by Crippen LogP contribution is -2.34. The number of ether oxygens (including phenoxy) is 1. The van der Waals surface area contributed by atoms with Crippen LogP contribution in [-0.4, -0.2) is 35.8 Å². The van der Waals surface area contributed by atoms with E-state index >= 15 is 0 Å². The zero-order valence-electron chi connectivity index (χ0n) is 13.0. The van der Waals surface area contributed by atoms with Crippen LogP contribution in [0.2, 0.25) is 5.02 Å². The van der Waals surface area contributed by atoms with Crippen molar-refractivity contribution in [2.45, 2.75) is 31.6 Å². The summed E-state index contributed by atoms with van der Waals surface area (Å²) in [6.07, 6.45) is 1.75. The van der Waals surface area contributed by atoms with Gasteiger partial charge >= 0.3 is 0 Å². The van der Waals surface area contributed by atoms with Crippen LogP contribution >= 0.6 is 22.9 Å². The molecule has 3 rings (SSSR count). The SMILES string of the molecule is OC(COCc1cccs1)CN1CCCC1c1ccccc1Cl. The zero-order valence-corrected chi connectivity index (χ0v) is 14.6. The predicted molar refractivity (Wildman–Crippen MR) is 95.0 cm³/mol. The van der Waals surface area contributed by atoms with Crippen molar-refractivity contribution in [3.05, 3.63) is 57.2 Å². The molecule has 1 saturated heterocycles. The van der Waals surface area contributed by atoms with E-state index in [-0.39, 0.29) is 0 Å². The van der Waals surface area contributed by atoms with Gasteiger partial charge in [-0.1, -0.05) is 35.9 Å². The van der Waals surface area contributed by atoms with E-state index in [1.807, 2.05) is 35.7 Å². The Bertz CT molecular complexity index is 605. The van der Waals surface area contributed by atoms with Crippen molar-refractivity contribution in [1.29, 1.82) is 0 Å². The minimum Gasteiger partial charge on any atom is -0.389 e. The summed E-state index contributed by atoms with van der Waals surface area (Å²) in [5, 5.41) is 13.1. The second kappa shape index (κ2) is 8.27. The molecule has 3 nitrogen and oxygen atoms in total. The molecule has 23 heavy (non-hydrogen) atoms. The van der Waals surface area contributed by atoms with E-state index in [1.165, 1.54) is 10.4 Å². The quantitative estimate of drug-likeness (QED) is 0.814. The molecule has 0 aliphatic carbocycles. The van der Waals surface area contributed by atoms with Crippen molar-refractivity contribution in [2.75, 3.05) is 19.7 Å². The number of thiophene rings is 1. The molecule has 0 saturated carbocycles. The van der Waals surface area contributed by atoms with Gasteiger partial charge in [0.25, 0.3) is 0 Å². The van der Waals surface area contributed by atoms with Crippen molar-refractivity contribution in [2.24, 2.45) is 0 Å². The molecule has 1 aliphatic heterocycles. The topological polar surface area (TPSA) is 32.7 Å². The van der Waals surface area contributed by atoms with Crippen LogP contribution < -0.4 is 0 Å². The highest BCUT2D eigenvalue weighted by Crippen LogP contribution is 2.35. The molecule has 2 heterocycles. The first-order valence-electron chi connectivity index (χ1n) is 8.00. The summed E-state index contributed by atoms with van der Waals surface area (Å²) in [4.78, 5) is 3.51. The van der Waals surface area contributed by atoms with Gasteiger partial charge < -0.3 is 9.84 Å². The number of hydrogen-bond acceptors (Lipinski definition) is 4. The number of aliphatic hydroxyl groups excluding tert-OH is 1. The van der Waals surface area contributed by atoms with E-state index in [4.69, 9.17) is 16.3 Å². The molecule has 0 amide bonds. The average Bonchev–Trinajstić information content (AvgIpc) is 3.20. The molecule has 124 valence electrons. The van der Waals surface area contributed by atoms with E-state index in [9.17, 15) is 5.11 Å². The van der Waals surface area contributed by atoms with E-state index in [0.717, 1.165) is 24.4 Å². The Morgan fingerprint density at radius 3 is 2.96 bits per heavy atom. The highest BCUT2D eigenvalue weighted by atomic mass is 35.5. The molecule has 5 heteroatoms.